The maximum atomic E-state index is 5.60. The highest BCUT2D eigenvalue weighted by Crippen LogP contribution is 2.27. The van der Waals surface area contributed by atoms with E-state index in [4.69, 9.17) is 4.74 Å². The molecule has 4 nitrogen and oxygen atoms in total. The van der Waals surface area contributed by atoms with Gasteiger partial charge >= 0.3 is 0 Å². The summed E-state index contributed by atoms with van der Waals surface area (Å²) in [7, 11) is 0. The zero-order chi connectivity index (χ0) is 10.3. The molecule has 1 fully saturated rings. The molecule has 1 atom stereocenters. The van der Waals surface area contributed by atoms with E-state index in [0.29, 0.717) is 0 Å². The number of halogens is 1. The van der Waals surface area contributed by atoms with Gasteiger partial charge in [0.1, 0.15) is 6.10 Å². The summed E-state index contributed by atoms with van der Waals surface area (Å²) in [5.41, 5.74) is 0.856. The molecule has 0 aromatic carbocycles. The molecule has 1 saturated heterocycles. The third kappa shape index (κ3) is 1.55. The molecule has 2 aromatic heterocycles. The maximum absolute atomic E-state index is 5.60. The van der Waals surface area contributed by atoms with Crippen LogP contribution in [0.2, 0.25) is 0 Å². The Morgan fingerprint density at radius 3 is 3.20 bits per heavy atom. The van der Waals surface area contributed by atoms with Gasteiger partial charge < -0.3 is 4.74 Å². The number of aromatic nitrogens is 3. The second-order valence-electron chi connectivity index (χ2n) is 3.63. The Labute approximate surface area is 95.4 Å². The molecule has 1 aliphatic heterocycles. The zero-order valence-corrected chi connectivity index (χ0v) is 9.64. The van der Waals surface area contributed by atoms with E-state index in [-0.39, 0.29) is 6.10 Å². The summed E-state index contributed by atoms with van der Waals surface area (Å²) < 4.78 is 8.60. The molecule has 0 saturated carbocycles. The quantitative estimate of drug-likeness (QED) is 0.796. The minimum absolute atomic E-state index is 0.112. The van der Waals surface area contributed by atoms with E-state index in [2.05, 4.69) is 26.1 Å². The Bertz CT molecular complexity index is 490. The third-order valence-corrected chi connectivity index (χ3v) is 3.11. The summed E-state index contributed by atoms with van der Waals surface area (Å²) in [6.07, 6.45) is 4.23. The van der Waals surface area contributed by atoms with Crippen LogP contribution in [0, 0.1) is 0 Å². The first-order valence-corrected chi connectivity index (χ1v) is 5.76. The smallest absolute Gasteiger partial charge is 0.166 e. The van der Waals surface area contributed by atoms with Gasteiger partial charge in [0, 0.05) is 17.3 Å². The summed E-state index contributed by atoms with van der Waals surface area (Å²) >= 11 is 3.41. The van der Waals surface area contributed by atoms with Crippen molar-refractivity contribution >= 4 is 21.6 Å². The van der Waals surface area contributed by atoms with Crippen molar-refractivity contribution < 1.29 is 4.74 Å². The largest absolute Gasteiger partial charge is 0.370 e. The lowest BCUT2D eigenvalue weighted by Gasteiger charge is -2.06. The van der Waals surface area contributed by atoms with E-state index in [1.807, 2.05) is 22.7 Å². The van der Waals surface area contributed by atoms with Gasteiger partial charge in [-0.25, -0.2) is 0 Å². The van der Waals surface area contributed by atoms with Crippen LogP contribution in [0.4, 0.5) is 0 Å². The molecule has 1 aliphatic rings. The molecule has 15 heavy (non-hydrogen) atoms. The molecule has 3 rings (SSSR count). The molecular formula is C10H10BrN3O. The summed E-state index contributed by atoms with van der Waals surface area (Å²) in [5, 5.41) is 8.31. The van der Waals surface area contributed by atoms with Gasteiger partial charge in [0.15, 0.2) is 11.5 Å². The highest BCUT2D eigenvalue weighted by atomic mass is 79.9. The van der Waals surface area contributed by atoms with E-state index in [9.17, 15) is 0 Å². The average molecular weight is 268 g/mol. The van der Waals surface area contributed by atoms with Crippen LogP contribution in [0.3, 0.4) is 0 Å². The minimum atomic E-state index is 0.112. The Hall–Kier alpha value is -0.940. The van der Waals surface area contributed by atoms with Crippen LogP contribution >= 0.6 is 15.9 Å². The monoisotopic (exact) mass is 267 g/mol. The second-order valence-corrected chi connectivity index (χ2v) is 4.55. The average Bonchev–Trinajstić information content (AvgIpc) is 2.82. The summed E-state index contributed by atoms with van der Waals surface area (Å²) in [6, 6.07) is 3.93. The van der Waals surface area contributed by atoms with Gasteiger partial charge in [-0.05, 0) is 25.0 Å². The molecular weight excluding hydrogens is 258 g/mol. The molecule has 5 heteroatoms. The van der Waals surface area contributed by atoms with E-state index in [1.54, 1.807) is 0 Å². The highest BCUT2D eigenvalue weighted by Gasteiger charge is 2.22. The summed E-state index contributed by atoms with van der Waals surface area (Å²) in [4.78, 5) is 0. The SMILES string of the molecule is Brc1ccn2c(C3CCCO3)nnc2c1. The van der Waals surface area contributed by atoms with Gasteiger partial charge in [-0.3, -0.25) is 4.40 Å². The first kappa shape index (κ1) is 9.30. The fraction of sp³-hybridized carbons (Fsp3) is 0.400. The van der Waals surface area contributed by atoms with E-state index in [0.717, 1.165) is 35.4 Å². The van der Waals surface area contributed by atoms with Gasteiger partial charge in [0.05, 0.1) is 0 Å². The highest BCUT2D eigenvalue weighted by molar-refractivity contribution is 9.10. The van der Waals surface area contributed by atoms with Crippen molar-refractivity contribution in [1.82, 2.24) is 14.6 Å². The number of hydrogen-bond acceptors (Lipinski definition) is 3. The molecule has 3 heterocycles. The molecule has 1 unspecified atom stereocenters. The third-order valence-electron chi connectivity index (χ3n) is 2.62. The summed E-state index contributed by atoms with van der Waals surface area (Å²) in [6.45, 7) is 0.829. The molecule has 0 amide bonds. The number of ether oxygens (including phenoxy) is 1. The van der Waals surface area contributed by atoms with Crippen molar-refractivity contribution in [3.8, 4) is 0 Å². The fourth-order valence-corrected chi connectivity index (χ4v) is 2.21. The van der Waals surface area contributed by atoms with Crippen LogP contribution in [0.1, 0.15) is 24.8 Å². The van der Waals surface area contributed by atoms with Gasteiger partial charge in [-0.1, -0.05) is 15.9 Å². The van der Waals surface area contributed by atoms with Crippen molar-refractivity contribution in [2.45, 2.75) is 18.9 Å². The van der Waals surface area contributed by atoms with Crippen molar-refractivity contribution in [3.63, 3.8) is 0 Å². The van der Waals surface area contributed by atoms with Crippen molar-refractivity contribution in [2.75, 3.05) is 6.61 Å². The number of rotatable bonds is 1. The maximum Gasteiger partial charge on any atom is 0.166 e. The molecule has 78 valence electrons. The Morgan fingerprint density at radius 2 is 2.40 bits per heavy atom. The molecule has 0 spiro atoms. The van der Waals surface area contributed by atoms with E-state index in [1.165, 1.54) is 0 Å². The molecule has 0 radical (unpaired) electrons. The minimum Gasteiger partial charge on any atom is -0.370 e. The van der Waals surface area contributed by atoms with E-state index >= 15 is 0 Å². The predicted octanol–water partition coefficient (Wildman–Crippen LogP) is 2.34. The van der Waals surface area contributed by atoms with Gasteiger partial charge in [0.2, 0.25) is 0 Å². The molecule has 0 bridgehead atoms. The first-order valence-electron chi connectivity index (χ1n) is 4.96. The summed E-state index contributed by atoms with van der Waals surface area (Å²) in [5.74, 6) is 0.912. The molecule has 0 aliphatic carbocycles. The molecule has 2 aromatic rings. The number of nitrogens with zero attached hydrogens (tertiary/aromatic N) is 3. The van der Waals surface area contributed by atoms with Crippen LogP contribution in [0.25, 0.3) is 5.65 Å². The Balaban J connectivity index is 2.11. The Kier molecular flexibility index (Phi) is 2.21. The van der Waals surface area contributed by atoms with Gasteiger partial charge in [-0.2, -0.15) is 0 Å². The topological polar surface area (TPSA) is 39.4 Å². The van der Waals surface area contributed by atoms with Crippen LogP contribution < -0.4 is 0 Å². The van der Waals surface area contributed by atoms with Crippen LogP contribution in [0.15, 0.2) is 22.8 Å². The van der Waals surface area contributed by atoms with Crippen molar-refractivity contribution in [3.05, 3.63) is 28.6 Å². The van der Waals surface area contributed by atoms with Crippen LogP contribution in [-0.4, -0.2) is 21.2 Å². The lowest BCUT2D eigenvalue weighted by atomic mass is 10.2. The lowest BCUT2D eigenvalue weighted by molar-refractivity contribution is 0.104. The Morgan fingerprint density at radius 1 is 1.47 bits per heavy atom. The van der Waals surface area contributed by atoms with Gasteiger partial charge in [0.25, 0.3) is 0 Å². The fourth-order valence-electron chi connectivity index (χ4n) is 1.89. The standard InChI is InChI=1S/C10H10BrN3O/c11-7-3-4-14-9(6-7)12-13-10(14)8-2-1-5-15-8/h3-4,6,8H,1-2,5H2. The van der Waals surface area contributed by atoms with Crippen molar-refractivity contribution in [1.29, 1.82) is 0 Å². The second kappa shape index (κ2) is 3.57. The number of pyridine rings is 1. The predicted molar refractivity (Wildman–Crippen MR) is 58.6 cm³/mol. The zero-order valence-electron chi connectivity index (χ0n) is 8.06. The van der Waals surface area contributed by atoms with Crippen LogP contribution in [0.5, 0.6) is 0 Å². The molecule has 0 N–H and O–H groups in total. The van der Waals surface area contributed by atoms with Crippen molar-refractivity contribution in [2.24, 2.45) is 0 Å². The van der Waals surface area contributed by atoms with E-state index < -0.39 is 0 Å². The normalized spacial score (nSPS) is 21.3. The van der Waals surface area contributed by atoms with Crippen LogP contribution in [-0.2, 0) is 4.74 Å². The first-order chi connectivity index (χ1) is 7.34. The number of hydrogen-bond donors (Lipinski definition) is 0. The number of fused-ring (bicyclic) bond motifs is 1. The lowest BCUT2D eigenvalue weighted by Crippen LogP contribution is -2.02. The van der Waals surface area contributed by atoms with Gasteiger partial charge in [-0.15, -0.1) is 10.2 Å².